The standard InChI is InChI=1S/C18H19NO3/c1-2-22-18(21)15-8-9-16(20)19-11-10-14(17(15)19)12-13-6-4-3-5-7-13/h3-7,10-11,15H,2,8-9,12H2,1H3. The Morgan fingerprint density at radius 2 is 2.05 bits per heavy atom. The summed E-state index contributed by atoms with van der Waals surface area (Å²) < 4.78 is 6.81. The van der Waals surface area contributed by atoms with E-state index in [1.807, 2.05) is 36.4 Å². The van der Waals surface area contributed by atoms with Crippen molar-refractivity contribution in [2.24, 2.45) is 0 Å². The maximum atomic E-state index is 12.2. The zero-order chi connectivity index (χ0) is 15.5. The number of rotatable bonds is 4. The monoisotopic (exact) mass is 297 g/mol. The average Bonchev–Trinajstić information content (AvgIpc) is 2.94. The molecule has 1 atom stereocenters. The summed E-state index contributed by atoms with van der Waals surface area (Å²) in [6.45, 7) is 2.16. The van der Waals surface area contributed by atoms with E-state index >= 15 is 0 Å². The number of nitrogens with zero attached hydrogens (tertiary/aromatic N) is 1. The minimum Gasteiger partial charge on any atom is -0.465 e. The third-order valence-electron chi connectivity index (χ3n) is 4.07. The molecule has 1 aliphatic rings. The number of esters is 1. The third kappa shape index (κ3) is 2.69. The Kier molecular flexibility index (Phi) is 4.09. The minimum absolute atomic E-state index is 0.0508. The molecule has 114 valence electrons. The molecule has 1 unspecified atom stereocenters. The van der Waals surface area contributed by atoms with Crippen LogP contribution in [-0.2, 0) is 16.0 Å². The number of ether oxygens (including phenoxy) is 1. The van der Waals surface area contributed by atoms with Crippen molar-refractivity contribution >= 4 is 11.9 Å². The van der Waals surface area contributed by atoms with Crippen molar-refractivity contribution in [3.63, 3.8) is 0 Å². The molecule has 4 heteroatoms. The molecule has 4 nitrogen and oxygen atoms in total. The first-order chi connectivity index (χ1) is 10.7. The summed E-state index contributed by atoms with van der Waals surface area (Å²) in [5, 5.41) is 0. The van der Waals surface area contributed by atoms with Crippen LogP contribution >= 0.6 is 0 Å². The molecular formula is C18H19NO3. The van der Waals surface area contributed by atoms with Crippen LogP contribution in [0.4, 0.5) is 0 Å². The molecule has 2 heterocycles. The summed E-state index contributed by atoms with van der Waals surface area (Å²) in [5.41, 5.74) is 2.99. The smallest absolute Gasteiger partial charge is 0.314 e. The van der Waals surface area contributed by atoms with Gasteiger partial charge in [-0.2, -0.15) is 0 Å². The van der Waals surface area contributed by atoms with Gasteiger partial charge >= 0.3 is 5.97 Å². The Morgan fingerprint density at radius 3 is 2.77 bits per heavy atom. The molecule has 22 heavy (non-hydrogen) atoms. The van der Waals surface area contributed by atoms with Crippen molar-refractivity contribution in [3.8, 4) is 0 Å². The second-order valence-corrected chi connectivity index (χ2v) is 5.50. The predicted octanol–water partition coefficient (Wildman–Crippen LogP) is 3.16. The van der Waals surface area contributed by atoms with Gasteiger partial charge in [0.2, 0.25) is 5.91 Å². The largest absolute Gasteiger partial charge is 0.465 e. The van der Waals surface area contributed by atoms with Crippen LogP contribution < -0.4 is 0 Å². The van der Waals surface area contributed by atoms with Gasteiger partial charge in [0.1, 0.15) is 0 Å². The van der Waals surface area contributed by atoms with Crippen LogP contribution in [0.5, 0.6) is 0 Å². The lowest BCUT2D eigenvalue weighted by molar-refractivity contribution is -0.145. The highest BCUT2D eigenvalue weighted by molar-refractivity contribution is 5.87. The Bertz CT molecular complexity index is 688. The lowest BCUT2D eigenvalue weighted by Crippen LogP contribution is -2.28. The maximum Gasteiger partial charge on any atom is 0.314 e. The topological polar surface area (TPSA) is 48.3 Å². The molecule has 0 amide bonds. The van der Waals surface area contributed by atoms with Gasteiger partial charge in [0.15, 0.2) is 0 Å². The summed E-state index contributed by atoms with van der Waals surface area (Å²) in [4.78, 5) is 24.3. The molecule has 2 aromatic rings. The molecule has 1 aromatic carbocycles. The zero-order valence-electron chi connectivity index (χ0n) is 12.6. The lowest BCUT2D eigenvalue weighted by atomic mass is 9.91. The van der Waals surface area contributed by atoms with Crippen molar-refractivity contribution in [2.75, 3.05) is 6.61 Å². The van der Waals surface area contributed by atoms with Gasteiger partial charge in [-0.05, 0) is 37.0 Å². The van der Waals surface area contributed by atoms with Crippen LogP contribution in [0.3, 0.4) is 0 Å². The fourth-order valence-electron chi connectivity index (χ4n) is 3.06. The van der Waals surface area contributed by atoms with Crippen LogP contribution in [0, 0.1) is 0 Å². The van der Waals surface area contributed by atoms with E-state index in [9.17, 15) is 9.59 Å². The van der Waals surface area contributed by atoms with E-state index in [4.69, 9.17) is 4.74 Å². The van der Waals surface area contributed by atoms with E-state index in [-0.39, 0.29) is 17.8 Å². The summed E-state index contributed by atoms with van der Waals surface area (Å²) in [6, 6.07) is 12.0. The average molecular weight is 297 g/mol. The number of carbonyl (C=O) groups excluding carboxylic acids is 2. The van der Waals surface area contributed by atoms with E-state index in [0.29, 0.717) is 25.9 Å². The van der Waals surface area contributed by atoms with Crippen LogP contribution in [-0.4, -0.2) is 23.1 Å². The molecule has 0 saturated carbocycles. The fourth-order valence-corrected chi connectivity index (χ4v) is 3.06. The van der Waals surface area contributed by atoms with Gasteiger partial charge in [-0.25, -0.2) is 0 Å². The van der Waals surface area contributed by atoms with Gasteiger partial charge in [-0.15, -0.1) is 0 Å². The molecule has 0 radical (unpaired) electrons. The van der Waals surface area contributed by atoms with E-state index in [2.05, 4.69) is 0 Å². The van der Waals surface area contributed by atoms with Crippen LogP contribution in [0.2, 0.25) is 0 Å². The molecule has 0 fully saturated rings. The minimum atomic E-state index is -0.341. The normalized spacial score (nSPS) is 17.1. The van der Waals surface area contributed by atoms with E-state index in [1.165, 1.54) is 0 Å². The lowest BCUT2D eigenvalue weighted by Gasteiger charge is -2.24. The summed E-state index contributed by atoms with van der Waals surface area (Å²) in [6.07, 6.45) is 3.41. The molecule has 0 saturated heterocycles. The molecule has 1 aliphatic heterocycles. The first-order valence-corrected chi connectivity index (χ1v) is 7.64. The third-order valence-corrected chi connectivity index (χ3v) is 4.07. The molecule has 0 spiro atoms. The summed E-state index contributed by atoms with van der Waals surface area (Å²) in [7, 11) is 0. The van der Waals surface area contributed by atoms with Crippen LogP contribution in [0.1, 0.15) is 47.3 Å². The van der Waals surface area contributed by atoms with Gasteiger partial charge in [0.05, 0.1) is 12.5 Å². The van der Waals surface area contributed by atoms with E-state index in [1.54, 1.807) is 17.7 Å². The van der Waals surface area contributed by atoms with Gasteiger partial charge in [-0.3, -0.25) is 14.2 Å². The quantitative estimate of drug-likeness (QED) is 0.814. The Labute approximate surface area is 129 Å². The molecule has 0 N–H and O–H groups in total. The van der Waals surface area contributed by atoms with Crippen LogP contribution in [0.15, 0.2) is 42.6 Å². The number of hydrogen-bond acceptors (Lipinski definition) is 3. The van der Waals surface area contributed by atoms with Crippen molar-refractivity contribution < 1.29 is 14.3 Å². The SMILES string of the molecule is CCOC(=O)C1CCC(=O)n2ccc(Cc3ccccc3)c21. The number of hydrogen-bond donors (Lipinski definition) is 0. The number of aromatic nitrogens is 1. The maximum absolute atomic E-state index is 12.2. The van der Waals surface area contributed by atoms with E-state index in [0.717, 1.165) is 16.8 Å². The second-order valence-electron chi connectivity index (χ2n) is 5.50. The first-order valence-electron chi connectivity index (χ1n) is 7.64. The van der Waals surface area contributed by atoms with Crippen LogP contribution in [0.25, 0.3) is 0 Å². The fraction of sp³-hybridized carbons (Fsp3) is 0.333. The molecular weight excluding hydrogens is 278 g/mol. The van der Waals surface area contributed by atoms with E-state index < -0.39 is 0 Å². The van der Waals surface area contributed by atoms with Crippen molar-refractivity contribution in [3.05, 3.63) is 59.4 Å². The number of fused-ring (bicyclic) bond motifs is 1. The Hall–Kier alpha value is -2.36. The predicted molar refractivity (Wildman–Crippen MR) is 82.9 cm³/mol. The van der Waals surface area contributed by atoms with Crippen molar-refractivity contribution in [1.29, 1.82) is 0 Å². The first kappa shape index (κ1) is 14.6. The Balaban J connectivity index is 1.96. The van der Waals surface area contributed by atoms with Gasteiger partial charge in [-0.1, -0.05) is 30.3 Å². The second kappa shape index (κ2) is 6.18. The number of benzene rings is 1. The van der Waals surface area contributed by atoms with Gasteiger partial charge < -0.3 is 4.74 Å². The molecule has 0 aliphatic carbocycles. The Morgan fingerprint density at radius 1 is 1.27 bits per heavy atom. The van der Waals surface area contributed by atoms with Crippen molar-refractivity contribution in [2.45, 2.75) is 32.1 Å². The summed E-state index contributed by atoms with van der Waals surface area (Å²) >= 11 is 0. The highest BCUT2D eigenvalue weighted by Crippen LogP contribution is 2.33. The number of carbonyl (C=O) groups is 2. The summed E-state index contributed by atoms with van der Waals surface area (Å²) in [5.74, 6) is -0.523. The van der Waals surface area contributed by atoms with Gasteiger partial charge in [0.25, 0.3) is 0 Å². The zero-order valence-corrected chi connectivity index (χ0v) is 12.6. The molecule has 3 rings (SSSR count). The molecule has 0 bridgehead atoms. The van der Waals surface area contributed by atoms with Gasteiger partial charge in [0, 0.05) is 18.3 Å². The molecule has 1 aromatic heterocycles. The highest BCUT2D eigenvalue weighted by atomic mass is 16.5. The highest BCUT2D eigenvalue weighted by Gasteiger charge is 2.33. The van der Waals surface area contributed by atoms with Crippen molar-refractivity contribution in [1.82, 2.24) is 4.57 Å².